The summed E-state index contributed by atoms with van der Waals surface area (Å²) in [4.78, 5) is 8.36. The van der Waals surface area contributed by atoms with Crippen LogP contribution in [-0.4, -0.2) is 17.0 Å². The Balaban J connectivity index is 2.36. The van der Waals surface area contributed by atoms with Crippen molar-refractivity contribution in [3.05, 3.63) is 36.7 Å². The molecule has 1 aromatic carbocycles. The molecule has 0 atom stereocenters. The normalized spacial score (nSPS) is 12.1. The number of aromatic nitrogens is 1. The highest BCUT2D eigenvalue weighted by molar-refractivity contribution is 6.02. The fourth-order valence-corrected chi connectivity index (χ4v) is 1.67. The van der Waals surface area contributed by atoms with E-state index in [1.807, 2.05) is 44.3 Å². The number of guanidine groups is 1. The molecule has 0 saturated carbocycles. The van der Waals surface area contributed by atoms with E-state index in [0.29, 0.717) is 5.96 Å². The van der Waals surface area contributed by atoms with E-state index in [1.165, 1.54) is 0 Å². The number of benzene rings is 1. The zero-order valence-corrected chi connectivity index (χ0v) is 10.0. The van der Waals surface area contributed by atoms with Crippen LogP contribution in [0, 0.1) is 0 Å². The minimum Gasteiger partial charge on any atom is -0.370 e. The number of hydrogen-bond donors (Lipinski definition) is 2. The fraction of sp³-hybridized carbons (Fsp3) is 0.231. The molecule has 0 aliphatic rings. The monoisotopic (exact) mass is 228 g/mol. The van der Waals surface area contributed by atoms with Gasteiger partial charge in [-0.1, -0.05) is 12.1 Å². The molecule has 1 aromatic heterocycles. The number of pyridine rings is 1. The Morgan fingerprint density at radius 1 is 1.35 bits per heavy atom. The van der Waals surface area contributed by atoms with Gasteiger partial charge >= 0.3 is 0 Å². The first-order valence-electron chi connectivity index (χ1n) is 5.60. The SMILES string of the molecule is CC(C)N=C(N)Nc1cccc2ccncc12. The molecule has 0 aliphatic carbocycles. The van der Waals surface area contributed by atoms with Crippen LogP contribution >= 0.6 is 0 Å². The van der Waals surface area contributed by atoms with E-state index >= 15 is 0 Å². The predicted molar refractivity (Wildman–Crippen MR) is 72.1 cm³/mol. The first kappa shape index (κ1) is 11.4. The third kappa shape index (κ3) is 2.72. The number of hydrogen-bond acceptors (Lipinski definition) is 2. The van der Waals surface area contributed by atoms with Gasteiger partial charge in [0.2, 0.25) is 0 Å². The lowest BCUT2D eigenvalue weighted by molar-refractivity contribution is 0.833. The smallest absolute Gasteiger partial charge is 0.193 e. The summed E-state index contributed by atoms with van der Waals surface area (Å²) in [7, 11) is 0. The summed E-state index contributed by atoms with van der Waals surface area (Å²) in [6.45, 7) is 3.97. The van der Waals surface area contributed by atoms with Gasteiger partial charge in [-0.25, -0.2) is 0 Å². The summed E-state index contributed by atoms with van der Waals surface area (Å²) in [6, 6.07) is 8.13. The topological polar surface area (TPSA) is 63.3 Å². The maximum Gasteiger partial charge on any atom is 0.193 e. The molecular weight excluding hydrogens is 212 g/mol. The van der Waals surface area contributed by atoms with Gasteiger partial charge in [0.15, 0.2) is 5.96 Å². The van der Waals surface area contributed by atoms with Gasteiger partial charge in [-0.2, -0.15) is 0 Å². The standard InChI is InChI=1S/C13H16N4/c1-9(2)16-13(14)17-12-5-3-4-10-6-7-15-8-11(10)12/h3-9H,1-2H3,(H3,14,16,17). The molecule has 0 bridgehead atoms. The van der Waals surface area contributed by atoms with E-state index in [-0.39, 0.29) is 6.04 Å². The van der Waals surface area contributed by atoms with Gasteiger partial charge in [0.05, 0.1) is 5.69 Å². The molecule has 0 amide bonds. The molecule has 2 aromatic rings. The average molecular weight is 228 g/mol. The van der Waals surface area contributed by atoms with Gasteiger partial charge < -0.3 is 11.1 Å². The second-order valence-corrected chi connectivity index (χ2v) is 4.14. The Bertz CT molecular complexity index is 541. The van der Waals surface area contributed by atoms with Gasteiger partial charge in [0.25, 0.3) is 0 Å². The van der Waals surface area contributed by atoms with Crippen LogP contribution in [0.5, 0.6) is 0 Å². The summed E-state index contributed by atoms with van der Waals surface area (Å²) < 4.78 is 0. The van der Waals surface area contributed by atoms with Gasteiger partial charge in [-0.05, 0) is 31.4 Å². The van der Waals surface area contributed by atoms with E-state index < -0.39 is 0 Å². The molecule has 17 heavy (non-hydrogen) atoms. The summed E-state index contributed by atoms with van der Waals surface area (Å²) >= 11 is 0. The molecule has 3 N–H and O–H groups in total. The summed E-state index contributed by atoms with van der Waals surface area (Å²) in [5.41, 5.74) is 6.74. The molecule has 0 aliphatic heterocycles. The molecule has 88 valence electrons. The summed E-state index contributed by atoms with van der Waals surface area (Å²) in [5, 5.41) is 5.27. The highest BCUT2D eigenvalue weighted by atomic mass is 15.1. The zero-order valence-electron chi connectivity index (χ0n) is 10.0. The van der Waals surface area contributed by atoms with Crippen LogP contribution in [0.4, 0.5) is 5.69 Å². The highest BCUT2D eigenvalue weighted by Gasteiger charge is 2.01. The zero-order chi connectivity index (χ0) is 12.3. The first-order valence-corrected chi connectivity index (χ1v) is 5.60. The molecular formula is C13H16N4. The van der Waals surface area contributed by atoms with Crippen LogP contribution < -0.4 is 11.1 Å². The van der Waals surface area contributed by atoms with Gasteiger partial charge in [-0.15, -0.1) is 0 Å². The second kappa shape index (κ2) is 4.82. The Hall–Kier alpha value is -2.10. The number of nitrogens with one attached hydrogen (secondary N) is 1. The lowest BCUT2D eigenvalue weighted by atomic mass is 10.1. The number of aliphatic imine (C=N–C) groups is 1. The van der Waals surface area contributed by atoms with E-state index in [9.17, 15) is 0 Å². The minimum absolute atomic E-state index is 0.176. The number of fused-ring (bicyclic) bond motifs is 1. The van der Waals surface area contributed by atoms with Crippen LogP contribution in [0.3, 0.4) is 0 Å². The van der Waals surface area contributed by atoms with Crippen LogP contribution in [0.15, 0.2) is 41.7 Å². The van der Waals surface area contributed by atoms with Crippen LogP contribution in [0.25, 0.3) is 10.8 Å². The van der Waals surface area contributed by atoms with Crippen molar-refractivity contribution in [2.45, 2.75) is 19.9 Å². The molecule has 0 radical (unpaired) electrons. The van der Waals surface area contributed by atoms with E-state index in [1.54, 1.807) is 6.20 Å². The van der Waals surface area contributed by atoms with Crippen molar-refractivity contribution in [2.24, 2.45) is 10.7 Å². The lowest BCUT2D eigenvalue weighted by Gasteiger charge is -2.09. The Morgan fingerprint density at radius 3 is 2.94 bits per heavy atom. The van der Waals surface area contributed by atoms with E-state index in [0.717, 1.165) is 16.5 Å². The largest absolute Gasteiger partial charge is 0.370 e. The van der Waals surface area contributed by atoms with Crippen LogP contribution in [0.2, 0.25) is 0 Å². The molecule has 0 unspecified atom stereocenters. The third-order valence-electron chi connectivity index (χ3n) is 2.34. The Morgan fingerprint density at radius 2 is 2.18 bits per heavy atom. The molecule has 1 heterocycles. The number of nitrogens with two attached hydrogens (primary N) is 1. The van der Waals surface area contributed by atoms with Gasteiger partial charge in [0, 0.05) is 23.8 Å². The Kier molecular flexibility index (Phi) is 3.23. The van der Waals surface area contributed by atoms with Crippen molar-refractivity contribution >= 4 is 22.4 Å². The molecule has 2 rings (SSSR count). The predicted octanol–water partition coefficient (Wildman–Crippen LogP) is 2.37. The van der Waals surface area contributed by atoms with Crippen molar-refractivity contribution in [1.82, 2.24) is 4.98 Å². The molecule has 4 heteroatoms. The maximum absolute atomic E-state index is 5.82. The summed E-state index contributed by atoms with van der Waals surface area (Å²) in [6.07, 6.45) is 3.60. The molecule has 0 saturated heterocycles. The fourth-order valence-electron chi connectivity index (χ4n) is 1.67. The van der Waals surface area contributed by atoms with E-state index in [2.05, 4.69) is 15.3 Å². The van der Waals surface area contributed by atoms with Crippen molar-refractivity contribution < 1.29 is 0 Å². The highest BCUT2D eigenvalue weighted by Crippen LogP contribution is 2.21. The van der Waals surface area contributed by atoms with Crippen LogP contribution in [-0.2, 0) is 0 Å². The Labute approximate surface area is 101 Å². The first-order chi connectivity index (χ1) is 8.16. The quantitative estimate of drug-likeness (QED) is 0.612. The average Bonchev–Trinajstić information content (AvgIpc) is 2.28. The van der Waals surface area contributed by atoms with Gasteiger partial charge in [0.1, 0.15) is 0 Å². The molecule has 0 fully saturated rings. The molecule has 4 nitrogen and oxygen atoms in total. The van der Waals surface area contributed by atoms with E-state index in [4.69, 9.17) is 5.73 Å². The van der Waals surface area contributed by atoms with Gasteiger partial charge in [-0.3, -0.25) is 9.98 Å². The number of nitrogens with zero attached hydrogens (tertiary/aromatic N) is 2. The third-order valence-corrected chi connectivity index (χ3v) is 2.34. The summed E-state index contributed by atoms with van der Waals surface area (Å²) in [5.74, 6) is 0.427. The maximum atomic E-state index is 5.82. The van der Waals surface area contributed by atoms with Crippen LogP contribution in [0.1, 0.15) is 13.8 Å². The van der Waals surface area contributed by atoms with Crippen molar-refractivity contribution in [3.8, 4) is 0 Å². The van der Waals surface area contributed by atoms with Crippen molar-refractivity contribution in [2.75, 3.05) is 5.32 Å². The van der Waals surface area contributed by atoms with Crippen molar-refractivity contribution in [3.63, 3.8) is 0 Å². The van der Waals surface area contributed by atoms with Crippen molar-refractivity contribution in [1.29, 1.82) is 0 Å². The number of anilines is 1. The number of rotatable bonds is 2. The minimum atomic E-state index is 0.176. The lowest BCUT2D eigenvalue weighted by Crippen LogP contribution is -2.24. The molecule has 0 spiro atoms. The second-order valence-electron chi connectivity index (χ2n) is 4.14.